The van der Waals surface area contributed by atoms with Crippen LogP contribution in [0.1, 0.15) is 10.4 Å². The molecule has 0 aliphatic heterocycles. The molecule has 0 unspecified atom stereocenters. The van der Waals surface area contributed by atoms with Gasteiger partial charge in [0.25, 0.3) is 5.91 Å². The number of rotatable bonds is 4. The summed E-state index contributed by atoms with van der Waals surface area (Å²) in [5, 5.41) is 12.3. The summed E-state index contributed by atoms with van der Waals surface area (Å²) < 4.78 is 5.81. The third-order valence-electron chi connectivity index (χ3n) is 4.03. The Bertz CT molecular complexity index is 1120. The van der Waals surface area contributed by atoms with Crippen molar-refractivity contribution in [2.24, 2.45) is 0 Å². The SMILES string of the molecule is O=C(Nc1ccccc1-c1nnc(-c2ccc(Cl)cc2)o1)c1ccc(Cl)cc1. The minimum Gasteiger partial charge on any atom is -0.416 e. The molecule has 1 aromatic heterocycles. The first-order chi connectivity index (χ1) is 13.6. The van der Waals surface area contributed by atoms with Gasteiger partial charge in [-0.3, -0.25) is 4.79 Å². The predicted octanol–water partition coefficient (Wildman–Crippen LogP) is 5.96. The van der Waals surface area contributed by atoms with Crippen molar-refractivity contribution in [3.05, 3.63) is 88.4 Å². The Hall–Kier alpha value is -3.15. The maximum absolute atomic E-state index is 12.5. The molecule has 5 nitrogen and oxygen atoms in total. The molecule has 4 rings (SSSR count). The third kappa shape index (κ3) is 3.91. The van der Waals surface area contributed by atoms with Crippen LogP contribution in [0.4, 0.5) is 5.69 Å². The Labute approximate surface area is 170 Å². The number of carbonyl (C=O) groups excluding carboxylic acids is 1. The fourth-order valence-electron chi connectivity index (χ4n) is 2.62. The van der Waals surface area contributed by atoms with Crippen LogP contribution < -0.4 is 5.32 Å². The van der Waals surface area contributed by atoms with Crippen molar-refractivity contribution in [3.8, 4) is 22.9 Å². The zero-order valence-corrected chi connectivity index (χ0v) is 15.9. The van der Waals surface area contributed by atoms with Gasteiger partial charge in [0.15, 0.2) is 0 Å². The molecule has 0 saturated heterocycles. The summed E-state index contributed by atoms with van der Waals surface area (Å²) in [6.45, 7) is 0. The van der Waals surface area contributed by atoms with E-state index in [1.54, 1.807) is 60.7 Å². The molecule has 138 valence electrons. The van der Waals surface area contributed by atoms with Crippen LogP contribution >= 0.6 is 23.2 Å². The van der Waals surface area contributed by atoms with Gasteiger partial charge in [-0.1, -0.05) is 35.3 Å². The number of hydrogen-bond donors (Lipinski definition) is 1. The molecule has 3 aromatic carbocycles. The lowest BCUT2D eigenvalue weighted by Crippen LogP contribution is -2.12. The van der Waals surface area contributed by atoms with Gasteiger partial charge in [0, 0.05) is 21.2 Å². The van der Waals surface area contributed by atoms with Crippen molar-refractivity contribution in [1.82, 2.24) is 10.2 Å². The van der Waals surface area contributed by atoms with E-state index in [0.717, 1.165) is 5.56 Å². The smallest absolute Gasteiger partial charge is 0.255 e. The second-order valence-corrected chi connectivity index (χ2v) is 6.80. The van der Waals surface area contributed by atoms with Gasteiger partial charge in [0.2, 0.25) is 11.8 Å². The monoisotopic (exact) mass is 409 g/mol. The number of hydrogen-bond acceptors (Lipinski definition) is 4. The van der Waals surface area contributed by atoms with Crippen molar-refractivity contribution in [1.29, 1.82) is 0 Å². The molecule has 0 aliphatic rings. The summed E-state index contributed by atoms with van der Waals surface area (Å²) >= 11 is 11.8. The predicted molar refractivity (Wildman–Crippen MR) is 110 cm³/mol. The van der Waals surface area contributed by atoms with Gasteiger partial charge in [-0.25, -0.2) is 0 Å². The summed E-state index contributed by atoms with van der Waals surface area (Å²) in [6.07, 6.45) is 0. The average Bonchev–Trinajstić information content (AvgIpc) is 3.19. The van der Waals surface area contributed by atoms with Crippen LogP contribution in [0.3, 0.4) is 0 Å². The lowest BCUT2D eigenvalue weighted by molar-refractivity contribution is 0.102. The van der Waals surface area contributed by atoms with E-state index in [-0.39, 0.29) is 5.91 Å². The number of nitrogens with zero attached hydrogens (tertiary/aromatic N) is 2. The first-order valence-corrected chi connectivity index (χ1v) is 9.11. The highest BCUT2D eigenvalue weighted by Crippen LogP contribution is 2.30. The molecule has 1 amide bonds. The van der Waals surface area contributed by atoms with E-state index in [1.807, 2.05) is 12.1 Å². The van der Waals surface area contributed by atoms with Crippen molar-refractivity contribution in [2.75, 3.05) is 5.32 Å². The standard InChI is InChI=1S/C21H13Cl2N3O2/c22-15-9-5-13(6-10-15)19(27)24-18-4-2-1-3-17(18)21-26-25-20(28-21)14-7-11-16(23)12-8-14/h1-12H,(H,24,27). The Kier molecular flexibility index (Phi) is 5.10. The summed E-state index contributed by atoms with van der Waals surface area (Å²) in [5.74, 6) is 0.406. The fraction of sp³-hybridized carbons (Fsp3) is 0. The number of benzene rings is 3. The summed E-state index contributed by atoms with van der Waals surface area (Å²) in [7, 11) is 0. The molecule has 28 heavy (non-hydrogen) atoms. The van der Waals surface area contributed by atoms with Crippen LogP contribution in [0.15, 0.2) is 77.2 Å². The Morgan fingerprint density at radius 2 is 1.39 bits per heavy atom. The van der Waals surface area contributed by atoms with Crippen LogP contribution in [0.25, 0.3) is 22.9 Å². The van der Waals surface area contributed by atoms with Gasteiger partial charge in [-0.15, -0.1) is 10.2 Å². The van der Waals surface area contributed by atoms with Crippen LogP contribution in [0.2, 0.25) is 10.0 Å². The molecule has 0 atom stereocenters. The molecule has 0 saturated carbocycles. The van der Waals surface area contributed by atoms with Gasteiger partial charge in [0.05, 0.1) is 11.3 Å². The summed E-state index contributed by atoms with van der Waals surface area (Å²) in [6, 6.07) is 21.0. The van der Waals surface area contributed by atoms with E-state index >= 15 is 0 Å². The maximum atomic E-state index is 12.5. The highest BCUT2D eigenvalue weighted by atomic mass is 35.5. The molecule has 4 aromatic rings. The first-order valence-electron chi connectivity index (χ1n) is 8.36. The molecular formula is C21H13Cl2N3O2. The van der Waals surface area contributed by atoms with Crippen LogP contribution in [-0.2, 0) is 0 Å². The fourth-order valence-corrected chi connectivity index (χ4v) is 2.87. The molecule has 1 heterocycles. The van der Waals surface area contributed by atoms with E-state index in [4.69, 9.17) is 27.6 Å². The van der Waals surface area contributed by atoms with E-state index in [1.165, 1.54) is 0 Å². The second-order valence-electron chi connectivity index (χ2n) is 5.93. The minimum absolute atomic E-state index is 0.262. The highest BCUT2D eigenvalue weighted by Gasteiger charge is 2.16. The molecule has 0 radical (unpaired) electrons. The quantitative estimate of drug-likeness (QED) is 0.451. The Morgan fingerprint density at radius 1 is 0.786 bits per heavy atom. The van der Waals surface area contributed by atoms with Crippen LogP contribution in [0.5, 0.6) is 0 Å². The van der Waals surface area contributed by atoms with E-state index in [9.17, 15) is 4.79 Å². The number of aromatic nitrogens is 2. The van der Waals surface area contributed by atoms with E-state index < -0.39 is 0 Å². The maximum Gasteiger partial charge on any atom is 0.255 e. The van der Waals surface area contributed by atoms with Crippen molar-refractivity contribution < 1.29 is 9.21 Å². The van der Waals surface area contributed by atoms with Gasteiger partial charge in [-0.2, -0.15) is 0 Å². The zero-order valence-electron chi connectivity index (χ0n) is 14.4. The highest BCUT2D eigenvalue weighted by molar-refractivity contribution is 6.31. The number of carbonyl (C=O) groups is 1. The number of anilines is 1. The number of para-hydroxylation sites is 1. The van der Waals surface area contributed by atoms with Gasteiger partial charge in [0.1, 0.15) is 0 Å². The summed E-state index contributed by atoms with van der Waals surface area (Å²) in [5.41, 5.74) is 2.43. The molecule has 0 bridgehead atoms. The van der Waals surface area contributed by atoms with Gasteiger partial charge >= 0.3 is 0 Å². The van der Waals surface area contributed by atoms with Gasteiger partial charge in [-0.05, 0) is 60.7 Å². The minimum atomic E-state index is -0.262. The van der Waals surface area contributed by atoms with Gasteiger partial charge < -0.3 is 9.73 Å². The topological polar surface area (TPSA) is 68.0 Å². The largest absolute Gasteiger partial charge is 0.416 e. The lowest BCUT2D eigenvalue weighted by Gasteiger charge is -2.08. The Morgan fingerprint density at radius 3 is 2.11 bits per heavy atom. The second kappa shape index (κ2) is 7.84. The number of amides is 1. The van der Waals surface area contributed by atoms with Crippen LogP contribution in [-0.4, -0.2) is 16.1 Å². The molecular weight excluding hydrogens is 397 g/mol. The van der Waals surface area contributed by atoms with Crippen molar-refractivity contribution in [2.45, 2.75) is 0 Å². The molecule has 0 fully saturated rings. The van der Waals surface area contributed by atoms with Crippen LogP contribution in [0, 0.1) is 0 Å². The third-order valence-corrected chi connectivity index (χ3v) is 4.53. The normalized spacial score (nSPS) is 10.6. The number of halogens is 2. The Balaban J connectivity index is 1.62. The molecule has 1 N–H and O–H groups in total. The summed E-state index contributed by atoms with van der Waals surface area (Å²) in [4.78, 5) is 12.5. The lowest BCUT2D eigenvalue weighted by atomic mass is 10.1. The zero-order chi connectivity index (χ0) is 19.5. The molecule has 0 spiro atoms. The average molecular weight is 410 g/mol. The molecule has 7 heteroatoms. The van der Waals surface area contributed by atoms with Crippen molar-refractivity contribution >= 4 is 34.8 Å². The van der Waals surface area contributed by atoms with E-state index in [0.29, 0.717) is 38.6 Å². The molecule has 0 aliphatic carbocycles. The van der Waals surface area contributed by atoms with Crippen molar-refractivity contribution in [3.63, 3.8) is 0 Å². The number of nitrogens with one attached hydrogen (secondary N) is 1. The van der Waals surface area contributed by atoms with E-state index in [2.05, 4.69) is 15.5 Å². The first kappa shape index (κ1) is 18.2.